The summed E-state index contributed by atoms with van der Waals surface area (Å²) in [5.74, 6) is -1.19. The quantitative estimate of drug-likeness (QED) is 0.460. The zero-order chi connectivity index (χ0) is 4.28. The van der Waals surface area contributed by atoms with E-state index >= 15 is 0 Å². The standard InChI is InChI=1S/C2H4O3.K.H2S/c3-1-2(4)5;;/h3H,1H2,(H,4,5);;1H2. The second-order valence-corrected chi connectivity index (χ2v) is 0.552. The molecular weight excluding hydrogens is 143 g/mol. The van der Waals surface area contributed by atoms with Gasteiger partial charge in [0.15, 0.2) is 0 Å². The summed E-state index contributed by atoms with van der Waals surface area (Å²) in [7, 11) is 0. The van der Waals surface area contributed by atoms with Crippen molar-refractivity contribution >= 4 is 70.8 Å². The van der Waals surface area contributed by atoms with E-state index in [1.807, 2.05) is 0 Å². The molecule has 0 amide bonds. The molecule has 7 heavy (non-hydrogen) atoms. The van der Waals surface area contributed by atoms with Gasteiger partial charge in [-0.3, -0.25) is 0 Å². The molecule has 0 saturated heterocycles. The monoisotopic (exact) mass is 149 g/mol. The van der Waals surface area contributed by atoms with E-state index < -0.39 is 12.6 Å². The van der Waals surface area contributed by atoms with Crippen LogP contribution in [0.25, 0.3) is 0 Å². The molecule has 0 bridgehead atoms. The summed E-state index contributed by atoms with van der Waals surface area (Å²) in [5.41, 5.74) is 0. The number of hydrogen-bond acceptors (Lipinski definition) is 2. The summed E-state index contributed by atoms with van der Waals surface area (Å²) in [6.45, 7) is -0.778. The van der Waals surface area contributed by atoms with Gasteiger partial charge >= 0.3 is 5.97 Å². The van der Waals surface area contributed by atoms with Crippen molar-refractivity contribution in [2.75, 3.05) is 6.61 Å². The average molecular weight is 149 g/mol. The van der Waals surface area contributed by atoms with Crippen LogP contribution in [0.4, 0.5) is 0 Å². The van der Waals surface area contributed by atoms with Gasteiger partial charge in [-0.2, -0.15) is 13.5 Å². The molecule has 0 heterocycles. The normalized spacial score (nSPS) is 5.29. The zero-order valence-electron chi connectivity index (χ0n) is 4.01. The zero-order valence-corrected chi connectivity index (χ0v) is 8.13. The van der Waals surface area contributed by atoms with Crippen molar-refractivity contribution in [2.45, 2.75) is 0 Å². The molecule has 0 aromatic rings. The van der Waals surface area contributed by atoms with Crippen LogP contribution in [0, 0.1) is 0 Å². The molecule has 2 N–H and O–H groups in total. The Labute approximate surface area is 91.0 Å². The summed E-state index contributed by atoms with van der Waals surface area (Å²) in [5, 5.41) is 15.0. The van der Waals surface area contributed by atoms with Gasteiger partial charge in [-0.25, -0.2) is 4.79 Å². The van der Waals surface area contributed by atoms with Crippen molar-refractivity contribution in [3.05, 3.63) is 0 Å². The second kappa shape index (κ2) is 10.4. The summed E-state index contributed by atoms with van der Waals surface area (Å²) in [4.78, 5) is 9.12. The molecule has 39 valence electrons. The summed E-state index contributed by atoms with van der Waals surface area (Å²) < 4.78 is 0. The maximum atomic E-state index is 9.12. The van der Waals surface area contributed by atoms with E-state index in [1.165, 1.54) is 0 Å². The van der Waals surface area contributed by atoms with Crippen molar-refractivity contribution in [1.29, 1.82) is 0 Å². The Morgan fingerprint density at radius 2 is 1.71 bits per heavy atom. The predicted molar refractivity (Wildman–Crippen MR) is 30.9 cm³/mol. The van der Waals surface area contributed by atoms with Crippen molar-refractivity contribution in [2.24, 2.45) is 0 Å². The fourth-order valence-electron chi connectivity index (χ4n) is 0. The molecular formula is C2H6KO3S. The fourth-order valence-corrected chi connectivity index (χ4v) is 0. The van der Waals surface area contributed by atoms with Gasteiger partial charge in [-0.15, -0.1) is 0 Å². The number of carboxylic acids is 1. The Balaban J connectivity index is -0.0000000800. The van der Waals surface area contributed by atoms with E-state index in [9.17, 15) is 0 Å². The Morgan fingerprint density at radius 1 is 1.57 bits per heavy atom. The third-order valence-corrected chi connectivity index (χ3v) is 0.135. The van der Waals surface area contributed by atoms with E-state index in [4.69, 9.17) is 15.0 Å². The van der Waals surface area contributed by atoms with E-state index in [0.717, 1.165) is 0 Å². The van der Waals surface area contributed by atoms with Gasteiger partial charge in [-0.05, 0) is 0 Å². The van der Waals surface area contributed by atoms with Crippen LogP contribution in [0.3, 0.4) is 0 Å². The molecule has 0 aliphatic rings. The van der Waals surface area contributed by atoms with Crippen LogP contribution >= 0.6 is 13.5 Å². The predicted octanol–water partition coefficient (Wildman–Crippen LogP) is -1.20. The molecule has 0 spiro atoms. The van der Waals surface area contributed by atoms with Gasteiger partial charge in [-0.1, -0.05) is 0 Å². The molecule has 0 aromatic carbocycles. The molecule has 0 atom stereocenters. The molecule has 0 aromatic heterocycles. The van der Waals surface area contributed by atoms with Crippen LogP contribution < -0.4 is 0 Å². The minimum atomic E-state index is -1.19. The van der Waals surface area contributed by atoms with E-state index in [2.05, 4.69) is 0 Å². The summed E-state index contributed by atoms with van der Waals surface area (Å²) in [6, 6.07) is 0. The Hall–Kier alpha value is 1.42. The van der Waals surface area contributed by atoms with E-state index in [1.54, 1.807) is 0 Å². The van der Waals surface area contributed by atoms with Crippen molar-refractivity contribution in [3.8, 4) is 0 Å². The van der Waals surface area contributed by atoms with E-state index in [0.29, 0.717) is 0 Å². The molecule has 3 nitrogen and oxygen atoms in total. The van der Waals surface area contributed by atoms with Crippen LogP contribution in [0.1, 0.15) is 0 Å². The number of aliphatic hydroxyl groups is 1. The van der Waals surface area contributed by atoms with Crippen molar-refractivity contribution in [3.63, 3.8) is 0 Å². The molecule has 1 radical (unpaired) electrons. The van der Waals surface area contributed by atoms with Crippen LogP contribution in [-0.4, -0.2) is 74.2 Å². The fraction of sp³-hybridized carbons (Fsp3) is 0.500. The number of rotatable bonds is 1. The third kappa shape index (κ3) is 18.6. The number of aliphatic hydroxyl groups excluding tert-OH is 1. The van der Waals surface area contributed by atoms with Gasteiger partial charge in [0.25, 0.3) is 0 Å². The first-order valence-corrected chi connectivity index (χ1v) is 1.10. The van der Waals surface area contributed by atoms with Crippen molar-refractivity contribution in [1.82, 2.24) is 0 Å². The van der Waals surface area contributed by atoms with Gasteiger partial charge in [0.2, 0.25) is 0 Å². The van der Waals surface area contributed by atoms with Crippen LogP contribution in [0.2, 0.25) is 0 Å². The molecule has 0 rings (SSSR count). The number of carbonyl (C=O) groups is 1. The number of aliphatic carboxylic acids is 1. The third-order valence-electron chi connectivity index (χ3n) is 0.135. The van der Waals surface area contributed by atoms with Gasteiger partial charge < -0.3 is 10.2 Å². The molecule has 0 unspecified atom stereocenters. The average Bonchev–Trinajstić information content (AvgIpc) is 1.38. The Bertz CT molecular complexity index is 48.2. The minimum Gasteiger partial charge on any atom is -0.480 e. The van der Waals surface area contributed by atoms with Crippen LogP contribution in [0.5, 0.6) is 0 Å². The smallest absolute Gasteiger partial charge is 0.329 e. The van der Waals surface area contributed by atoms with Crippen LogP contribution in [0.15, 0.2) is 0 Å². The van der Waals surface area contributed by atoms with E-state index in [-0.39, 0.29) is 64.9 Å². The number of hydrogen-bond donors (Lipinski definition) is 2. The maximum Gasteiger partial charge on any atom is 0.329 e. The van der Waals surface area contributed by atoms with Crippen molar-refractivity contribution < 1.29 is 15.0 Å². The number of carboxylic acid groups (broad SMARTS) is 1. The van der Waals surface area contributed by atoms with Gasteiger partial charge in [0.05, 0.1) is 0 Å². The first-order valence-electron chi connectivity index (χ1n) is 1.10. The second-order valence-electron chi connectivity index (χ2n) is 0.552. The van der Waals surface area contributed by atoms with Gasteiger partial charge in [0.1, 0.15) is 6.61 Å². The Kier molecular flexibility index (Phi) is 23.5. The summed E-state index contributed by atoms with van der Waals surface area (Å²) in [6.07, 6.45) is 0. The van der Waals surface area contributed by atoms with Crippen LogP contribution in [-0.2, 0) is 4.79 Å². The molecule has 0 saturated carbocycles. The van der Waals surface area contributed by atoms with Gasteiger partial charge in [0, 0.05) is 51.4 Å². The first kappa shape index (κ1) is 15.8. The molecule has 5 heteroatoms. The molecule has 0 aliphatic carbocycles. The Morgan fingerprint density at radius 3 is 1.71 bits per heavy atom. The molecule has 0 fully saturated rings. The first-order chi connectivity index (χ1) is 2.27. The maximum absolute atomic E-state index is 9.12. The summed E-state index contributed by atoms with van der Waals surface area (Å²) >= 11 is 0. The topological polar surface area (TPSA) is 57.5 Å². The largest absolute Gasteiger partial charge is 0.480 e. The SMILES string of the molecule is O=C(O)CO.S.[K]. The minimum absolute atomic E-state index is 0. The molecule has 0 aliphatic heterocycles.